The molecule has 0 heterocycles. The molecule has 2 N–H and O–H groups in total. The van der Waals surface area contributed by atoms with E-state index in [0.717, 1.165) is 5.56 Å². The Bertz CT molecular complexity index is 1060. The molecule has 3 rings (SSSR count). The number of carbonyl (C=O) groups is 2. The molecule has 0 aliphatic carbocycles. The molecule has 0 radical (unpaired) electrons. The van der Waals surface area contributed by atoms with Gasteiger partial charge >= 0.3 is 0 Å². The summed E-state index contributed by atoms with van der Waals surface area (Å²) in [6, 6.07) is 18.0. The monoisotopic (exact) mass is 406 g/mol. The molecule has 0 aliphatic rings. The van der Waals surface area contributed by atoms with E-state index in [1.54, 1.807) is 42.5 Å². The first-order valence-electron chi connectivity index (χ1n) is 9.32. The van der Waals surface area contributed by atoms with E-state index in [1.807, 2.05) is 6.92 Å². The highest BCUT2D eigenvalue weighted by Gasteiger charge is 2.09. The molecule has 1 unspecified atom stereocenters. The van der Waals surface area contributed by atoms with E-state index in [2.05, 4.69) is 10.6 Å². The third-order valence-electron chi connectivity index (χ3n) is 4.41. The zero-order valence-electron chi connectivity index (χ0n) is 16.2. The Hall–Kier alpha value is -3.80. The van der Waals surface area contributed by atoms with Crippen molar-refractivity contribution >= 4 is 23.6 Å². The predicted octanol–water partition coefficient (Wildman–Crippen LogP) is 5.11. The molecule has 0 spiro atoms. The van der Waals surface area contributed by atoms with Crippen molar-refractivity contribution in [1.82, 2.24) is 5.32 Å². The van der Waals surface area contributed by atoms with Crippen molar-refractivity contribution in [2.45, 2.75) is 13.0 Å². The average molecular weight is 406 g/mol. The fraction of sp³-hybridized carbons (Fsp3) is 0.0833. The van der Waals surface area contributed by atoms with Crippen LogP contribution in [0.4, 0.5) is 14.5 Å². The van der Waals surface area contributed by atoms with Crippen molar-refractivity contribution in [1.29, 1.82) is 0 Å². The minimum absolute atomic E-state index is 0.267. The molecule has 30 heavy (non-hydrogen) atoms. The molecular weight excluding hydrogens is 386 g/mol. The number of hydrogen-bond donors (Lipinski definition) is 2. The van der Waals surface area contributed by atoms with Crippen LogP contribution in [0.1, 0.15) is 34.5 Å². The number of carbonyl (C=O) groups excluding carboxylic acids is 2. The zero-order valence-corrected chi connectivity index (χ0v) is 16.2. The van der Waals surface area contributed by atoms with Crippen molar-refractivity contribution in [3.63, 3.8) is 0 Å². The Balaban J connectivity index is 1.56. The summed E-state index contributed by atoms with van der Waals surface area (Å²) in [5.74, 6) is -1.41. The molecule has 152 valence electrons. The number of hydrogen-bond acceptors (Lipinski definition) is 2. The summed E-state index contributed by atoms with van der Waals surface area (Å²) in [4.78, 5) is 24.3. The molecule has 3 aromatic carbocycles. The van der Waals surface area contributed by atoms with Gasteiger partial charge in [0.15, 0.2) is 0 Å². The van der Waals surface area contributed by atoms with Gasteiger partial charge in [-0.25, -0.2) is 8.78 Å². The van der Waals surface area contributed by atoms with Crippen LogP contribution in [0.2, 0.25) is 0 Å². The first kappa shape index (κ1) is 20.9. The second kappa shape index (κ2) is 9.60. The summed E-state index contributed by atoms with van der Waals surface area (Å²) >= 11 is 0. The van der Waals surface area contributed by atoms with Crippen LogP contribution in [0.25, 0.3) is 6.08 Å². The summed E-state index contributed by atoms with van der Waals surface area (Å²) < 4.78 is 26.1. The summed E-state index contributed by atoms with van der Waals surface area (Å²) in [7, 11) is 0. The Morgan fingerprint density at radius 3 is 2.27 bits per heavy atom. The second-order valence-electron chi connectivity index (χ2n) is 6.70. The van der Waals surface area contributed by atoms with E-state index in [9.17, 15) is 18.4 Å². The molecule has 0 saturated carbocycles. The molecule has 0 aromatic heterocycles. The van der Waals surface area contributed by atoms with Crippen LogP contribution >= 0.6 is 0 Å². The lowest BCUT2D eigenvalue weighted by atomic mass is 10.1. The number of rotatable bonds is 6. The van der Waals surface area contributed by atoms with Gasteiger partial charge in [-0.15, -0.1) is 0 Å². The van der Waals surface area contributed by atoms with Gasteiger partial charge in [-0.3, -0.25) is 9.59 Å². The number of amides is 2. The molecule has 0 bridgehead atoms. The van der Waals surface area contributed by atoms with Gasteiger partial charge in [0.1, 0.15) is 11.6 Å². The van der Waals surface area contributed by atoms with E-state index in [4.69, 9.17) is 0 Å². The second-order valence-corrected chi connectivity index (χ2v) is 6.70. The molecular formula is C24H20F2N2O2. The topological polar surface area (TPSA) is 58.2 Å². The van der Waals surface area contributed by atoms with Gasteiger partial charge in [-0.2, -0.15) is 0 Å². The van der Waals surface area contributed by atoms with Gasteiger partial charge in [0.25, 0.3) is 5.91 Å². The highest BCUT2D eigenvalue weighted by Crippen LogP contribution is 2.17. The lowest BCUT2D eigenvalue weighted by Crippen LogP contribution is -2.24. The summed E-state index contributed by atoms with van der Waals surface area (Å²) in [6.45, 7) is 1.83. The molecule has 4 nitrogen and oxygen atoms in total. The smallest absolute Gasteiger partial charge is 0.255 e. The van der Waals surface area contributed by atoms with Crippen LogP contribution < -0.4 is 10.6 Å². The Morgan fingerprint density at radius 1 is 0.900 bits per heavy atom. The van der Waals surface area contributed by atoms with Crippen molar-refractivity contribution in [3.8, 4) is 0 Å². The Kier molecular flexibility index (Phi) is 6.70. The normalized spacial score (nSPS) is 11.8. The van der Waals surface area contributed by atoms with Crippen LogP contribution in [-0.2, 0) is 4.79 Å². The average Bonchev–Trinajstić information content (AvgIpc) is 2.73. The van der Waals surface area contributed by atoms with Crippen LogP contribution in [0, 0.1) is 11.6 Å². The molecule has 3 aromatic rings. The Labute approximate surface area is 173 Å². The third-order valence-corrected chi connectivity index (χ3v) is 4.41. The number of anilines is 1. The van der Waals surface area contributed by atoms with E-state index in [0.29, 0.717) is 16.8 Å². The zero-order chi connectivity index (χ0) is 21.5. The lowest BCUT2D eigenvalue weighted by molar-refractivity contribution is -0.117. The quantitative estimate of drug-likeness (QED) is 0.559. The third kappa shape index (κ3) is 5.85. The van der Waals surface area contributed by atoms with Crippen molar-refractivity contribution in [2.24, 2.45) is 0 Å². The molecule has 0 aliphatic heterocycles. The largest absolute Gasteiger partial charge is 0.346 e. The first-order valence-corrected chi connectivity index (χ1v) is 9.32. The first-order chi connectivity index (χ1) is 14.4. The van der Waals surface area contributed by atoms with Crippen LogP contribution in [0.15, 0.2) is 78.9 Å². The minimum Gasteiger partial charge on any atom is -0.346 e. The van der Waals surface area contributed by atoms with E-state index in [-0.39, 0.29) is 23.7 Å². The minimum atomic E-state index is -0.405. The molecule has 2 amide bonds. The standard InChI is InChI=1S/C24H20F2N2O2/c1-16(27-23(29)14-5-17-3-2-4-21(26)15-17)18-8-12-22(13-9-18)28-24(30)19-6-10-20(25)11-7-19/h2-16H,1H3,(H,27,29)(H,28,30)/b14-5+. The SMILES string of the molecule is CC(NC(=O)/C=C/c1cccc(F)c1)c1ccc(NC(=O)c2ccc(F)cc2)cc1. The highest BCUT2D eigenvalue weighted by molar-refractivity contribution is 6.04. The van der Waals surface area contributed by atoms with Gasteiger partial charge in [0, 0.05) is 17.3 Å². The van der Waals surface area contributed by atoms with Gasteiger partial charge in [0.05, 0.1) is 6.04 Å². The fourth-order valence-electron chi connectivity index (χ4n) is 2.79. The summed E-state index contributed by atoms with van der Waals surface area (Å²) in [5.41, 5.74) is 2.38. The predicted molar refractivity (Wildman–Crippen MR) is 113 cm³/mol. The van der Waals surface area contributed by atoms with Crippen LogP contribution in [-0.4, -0.2) is 11.8 Å². The van der Waals surface area contributed by atoms with E-state index in [1.165, 1.54) is 42.5 Å². The van der Waals surface area contributed by atoms with E-state index < -0.39 is 5.82 Å². The fourth-order valence-corrected chi connectivity index (χ4v) is 2.79. The van der Waals surface area contributed by atoms with E-state index >= 15 is 0 Å². The highest BCUT2D eigenvalue weighted by atomic mass is 19.1. The van der Waals surface area contributed by atoms with Gasteiger partial charge in [-0.05, 0) is 72.7 Å². The number of halogens is 2. The Morgan fingerprint density at radius 2 is 1.60 bits per heavy atom. The number of nitrogens with one attached hydrogen (secondary N) is 2. The van der Waals surface area contributed by atoms with Gasteiger partial charge in [0.2, 0.25) is 5.91 Å². The molecule has 0 saturated heterocycles. The van der Waals surface area contributed by atoms with Crippen LogP contribution in [0.5, 0.6) is 0 Å². The number of benzene rings is 3. The molecule has 6 heteroatoms. The van der Waals surface area contributed by atoms with Crippen LogP contribution in [0.3, 0.4) is 0 Å². The molecule has 0 fully saturated rings. The maximum atomic E-state index is 13.2. The lowest BCUT2D eigenvalue weighted by Gasteiger charge is -2.14. The van der Waals surface area contributed by atoms with Crippen molar-refractivity contribution in [2.75, 3.05) is 5.32 Å². The maximum absolute atomic E-state index is 13.2. The van der Waals surface area contributed by atoms with Gasteiger partial charge in [-0.1, -0.05) is 24.3 Å². The van der Waals surface area contributed by atoms with Crippen molar-refractivity contribution < 1.29 is 18.4 Å². The van der Waals surface area contributed by atoms with Crippen molar-refractivity contribution in [3.05, 3.63) is 107 Å². The molecule has 1 atom stereocenters. The maximum Gasteiger partial charge on any atom is 0.255 e. The van der Waals surface area contributed by atoms with Gasteiger partial charge < -0.3 is 10.6 Å². The summed E-state index contributed by atoms with van der Waals surface area (Å²) in [5, 5.41) is 5.57. The summed E-state index contributed by atoms with van der Waals surface area (Å²) in [6.07, 6.45) is 2.89.